The molecule has 0 bridgehead atoms. The Kier molecular flexibility index (Phi) is 5.50. The minimum Gasteiger partial charge on any atom is -0.353 e. The summed E-state index contributed by atoms with van der Waals surface area (Å²) in [5, 5.41) is 6.30. The van der Waals surface area contributed by atoms with Crippen molar-refractivity contribution in [3.05, 3.63) is 16.1 Å². The van der Waals surface area contributed by atoms with Gasteiger partial charge in [0.1, 0.15) is 0 Å². The highest BCUT2D eigenvalue weighted by molar-refractivity contribution is 7.99. The first-order valence-corrected chi connectivity index (χ1v) is 8.55. The number of thiazole rings is 1. The van der Waals surface area contributed by atoms with Crippen LogP contribution in [0.4, 0.5) is 0 Å². The number of hydrogen-bond donors (Lipinski definition) is 1. The number of aromatic nitrogens is 1. The molecule has 0 atom stereocenters. The highest BCUT2D eigenvalue weighted by Gasteiger charge is 2.15. The van der Waals surface area contributed by atoms with Gasteiger partial charge in [-0.1, -0.05) is 19.3 Å². The van der Waals surface area contributed by atoms with E-state index in [2.05, 4.69) is 15.7 Å². The fourth-order valence-electron chi connectivity index (χ4n) is 2.24. The normalized spacial score (nSPS) is 16.7. The molecule has 1 aromatic rings. The third-order valence-corrected chi connectivity index (χ3v) is 4.91. The molecule has 0 spiro atoms. The van der Waals surface area contributed by atoms with Gasteiger partial charge in [0, 0.05) is 17.2 Å². The topological polar surface area (TPSA) is 42.0 Å². The number of nitrogens with one attached hydrogen (secondary N) is 1. The van der Waals surface area contributed by atoms with Crippen LogP contribution in [-0.2, 0) is 10.5 Å². The Morgan fingerprint density at radius 3 is 2.94 bits per heavy atom. The summed E-state index contributed by atoms with van der Waals surface area (Å²) in [6, 6.07) is 0.424. The van der Waals surface area contributed by atoms with Crippen molar-refractivity contribution in [2.45, 2.75) is 50.8 Å². The van der Waals surface area contributed by atoms with Gasteiger partial charge in [0.05, 0.1) is 16.5 Å². The highest BCUT2D eigenvalue weighted by Crippen LogP contribution is 2.18. The van der Waals surface area contributed by atoms with Crippen LogP contribution < -0.4 is 5.32 Å². The fraction of sp³-hybridized carbons (Fsp3) is 0.692. The van der Waals surface area contributed by atoms with Gasteiger partial charge in [0.2, 0.25) is 5.91 Å². The Balaban J connectivity index is 1.62. The summed E-state index contributed by atoms with van der Waals surface area (Å²) >= 11 is 3.32. The number of aryl methyl sites for hydroxylation is 1. The van der Waals surface area contributed by atoms with E-state index >= 15 is 0 Å². The fourth-order valence-corrected chi connectivity index (χ4v) is 3.68. The molecule has 0 saturated heterocycles. The van der Waals surface area contributed by atoms with Gasteiger partial charge in [-0.2, -0.15) is 0 Å². The number of thioether (sulfide) groups is 1. The van der Waals surface area contributed by atoms with Gasteiger partial charge in [0.15, 0.2) is 0 Å². The van der Waals surface area contributed by atoms with E-state index in [1.165, 1.54) is 19.3 Å². The van der Waals surface area contributed by atoms with Crippen molar-refractivity contribution in [2.24, 2.45) is 0 Å². The van der Waals surface area contributed by atoms with E-state index in [1.807, 2.05) is 6.92 Å². The molecular weight excluding hydrogens is 264 g/mol. The van der Waals surface area contributed by atoms with Gasteiger partial charge >= 0.3 is 0 Å². The molecule has 2 rings (SSSR count). The summed E-state index contributed by atoms with van der Waals surface area (Å²) in [5.41, 5.74) is 1.09. The third-order valence-electron chi connectivity index (χ3n) is 3.12. The SMILES string of the molecule is Cc1nc(CSCC(=O)NC2CCCCC2)cs1. The summed E-state index contributed by atoms with van der Waals surface area (Å²) in [6.07, 6.45) is 6.15. The Labute approximate surface area is 117 Å². The number of rotatable bonds is 5. The van der Waals surface area contributed by atoms with Crippen LogP contribution in [0.1, 0.15) is 42.8 Å². The Morgan fingerprint density at radius 2 is 2.28 bits per heavy atom. The summed E-state index contributed by atoms with van der Waals surface area (Å²) in [6.45, 7) is 2.01. The standard InChI is InChI=1S/C13H20N2OS2/c1-10-14-12(8-18-10)7-17-9-13(16)15-11-5-3-2-4-6-11/h8,11H,2-7,9H2,1H3,(H,15,16). The molecule has 5 heteroatoms. The van der Waals surface area contributed by atoms with Crippen molar-refractivity contribution < 1.29 is 4.79 Å². The van der Waals surface area contributed by atoms with Crippen molar-refractivity contribution in [3.63, 3.8) is 0 Å². The summed E-state index contributed by atoms with van der Waals surface area (Å²) in [4.78, 5) is 16.1. The summed E-state index contributed by atoms with van der Waals surface area (Å²) in [5.74, 6) is 1.56. The average molecular weight is 284 g/mol. The van der Waals surface area contributed by atoms with Crippen LogP contribution in [0.3, 0.4) is 0 Å². The van der Waals surface area contributed by atoms with Gasteiger partial charge in [-0.15, -0.1) is 23.1 Å². The minimum atomic E-state index is 0.179. The number of carbonyl (C=O) groups is 1. The van der Waals surface area contributed by atoms with Crippen LogP contribution in [0.2, 0.25) is 0 Å². The van der Waals surface area contributed by atoms with Crippen molar-refractivity contribution in [1.29, 1.82) is 0 Å². The van der Waals surface area contributed by atoms with E-state index < -0.39 is 0 Å². The first-order valence-electron chi connectivity index (χ1n) is 6.52. The maximum absolute atomic E-state index is 11.8. The molecule has 3 nitrogen and oxygen atoms in total. The minimum absolute atomic E-state index is 0.179. The monoisotopic (exact) mass is 284 g/mol. The second-order valence-corrected chi connectivity index (χ2v) is 6.80. The van der Waals surface area contributed by atoms with Gasteiger partial charge < -0.3 is 5.32 Å². The molecule has 0 aromatic carbocycles. The molecule has 18 heavy (non-hydrogen) atoms. The predicted molar refractivity (Wildman–Crippen MR) is 78.0 cm³/mol. The second-order valence-electron chi connectivity index (χ2n) is 4.75. The van der Waals surface area contributed by atoms with E-state index in [0.29, 0.717) is 11.8 Å². The van der Waals surface area contributed by atoms with Crippen LogP contribution in [0, 0.1) is 6.92 Å². The van der Waals surface area contributed by atoms with E-state index in [9.17, 15) is 4.79 Å². The van der Waals surface area contributed by atoms with Crippen LogP contribution in [0.25, 0.3) is 0 Å². The maximum Gasteiger partial charge on any atom is 0.230 e. The van der Waals surface area contributed by atoms with Gasteiger partial charge in [-0.3, -0.25) is 4.79 Å². The molecule has 1 fully saturated rings. The smallest absolute Gasteiger partial charge is 0.230 e. The number of carbonyl (C=O) groups excluding carboxylic acids is 1. The van der Waals surface area contributed by atoms with Gasteiger partial charge in [0.25, 0.3) is 0 Å². The molecule has 1 aliphatic rings. The van der Waals surface area contributed by atoms with E-state index in [4.69, 9.17) is 0 Å². The molecule has 1 saturated carbocycles. The van der Waals surface area contributed by atoms with Crippen LogP contribution >= 0.6 is 23.1 Å². The maximum atomic E-state index is 11.8. The molecular formula is C13H20N2OS2. The number of amides is 1. The van der Waals surface area contributed by atoms with Crippen molar-refractivity contribution in [2.75, 3.05) is 5.75 Å². The molecule has 100 valence electrons. The lowest BCUT2D eigenvalue weighted by atomic mass is 9.95. The second kappa shape index (κ2) is 7.14. The third kappa shape index (κ3) is 4.61. The summed E-state index contributed by atoms with van der Waals surface area (Å²) in [7, 11) is 0. The molecule has 0 unspecified atom stereocenters. The van der Waals surface area contributed by atoms with Crippen molar-refractivity contribution in [1.82, 2.24) is 10.3 Å². The van der Waals surface area contributed by atoms with Gasteiger partial charge in [-0.05, 0) is 19.8 Å². The van der Waals surface area contributed by atoms with Crippen LogP contribution in [0.5, 0.6) is 0 Å². The Bertz CT molecular complexity index is 386. The van der Waals surface area contributed by atoms with Crippen LogP contribution in [0.15, 0.2) is 5.38 Å². The first kappa shape index (κ1) is 13.9. The lowest BCUT2D eigenvalue weighted by molar-refractivity contribution is -0.119. The summed E-state index contributed by atoms with van der Waals surface area (Å²) < 4.78 is 0. The van der Waals surface area contributed by atoms with Crippen LogP contribution in [-0.4, -0.2) is 22.7 Å². The lowest BCUT2D eigenvalue weighted by Crippen LogP contribution is -2.37. The molecule has 0 aliphatic heterocycles. The van der Waals surface area contributed by atoms with Gasteiger partial charge in [-0.25, -0.2) is 4.98 Å². The Morgan fingerprint density at radius 1 is 1.50 bits per heavy atom. The van der Waals surface area contributed by atoms with E-state index in [0.717, 1.165) is 29.3 Å². The number of nitrogens with zero attached hydrogens (tertiary/aromatic N) is 1. The molecule has 1 aromatic heterocycles. The average Bonchev–Trinajstić information content (AvgIpc) is 2.76. The zero-order valence-electron chi connectivity index (χ0n) is 10.8. The molecule has 1 N–H and O–H groups in total. The largest absolute Gasteiger partial charge is 0.353 e. The number of hydrogen-bond acceptors (Lipinski definition) is 4. The van der Waals surface area contributed by atoms with E-state index in [1.54, 1.807) is 23.1 Å². The Hall–Kier alpha value is -0.550. The quantitative estimate of drug-likeness (QED) is 0.903. The first-order chi connectivity index (χ1) is 8.74. The highest BCUT2D eigenvalue weighted by atomic mass is 32.2. The molecule has 1 amide bonds. The molecule has 1 heterocycles. The predicted octanol–water partition coefficient (Wildman–Crippen LogP) is 3.13. The van der Waals surface area contributed by atoms with Crippen molar-refractivity contribution >= 4 is 29.0 Å². The molecule has 0 radical (unpaired) electrons. The van der Waals surface area contributed by atoms with Crippen molar-refractivity contribution in [3.8, 4) is 0 Å². The lowest BCUT2D eigenvalue weighted by Gasteiger charge is -2.22. The van der Waals surface area contributed by atoms with E-state index in [-0.39, 0.29) is 5.91 Å². The zero-order chi connectivity index (χ0) is 12.8. The molecule has 1 aliphatic carbocycles. The zero-order valence-corrected chi connectivity index (χ0v) is 12.4.